The Hall–Kier alpha value is -8.36. The molecular formula is C66H38S. The molecule has 0 aliphatic carbocycles. The third-order valence-corrected chi connectivity index (χ3v) is 15.9. The van der Waals surface area contributed by atoms with Gasteiger partial charge in [-0.25, -0.2) is 0 Å². The summed E-state index contributed by atoms with van der Waals surface area (Å²) in [7, 11) is 0. The quantitative estimate of drug-likeness (QED) is 0.123. The molecule has 0 aliphatic heterocycles. The summed E-state index contributed by atoms with van der Waals surface area (Å²) in [5, 5.41) is 25.7. The summed E-state index contributed by atoms with van der Waals surface area (Å²) in [6.45, 7) is 0. The van der Waals surface area contributed by atoms with Crippen molar-refractivity contribution in [3.05, 3.63) is 231 Å². The number of hydrogen-bond donors (Lipinski definition) is 0. The van der Waals surface area contributed by atoms with Crippen molar-refractivity contribution in [2.24, 2.45) is 0 Å². The Kier molecular flexibility index (Phi) is 7.75. The molecule has 1 heterocycles. The Bertz CT molecular complexity index is 4510. The van der Waals surface area contributed by atoms with E-state index in [1.807, 2.05) is 11.3 Å². The van der Waals surface area contributed by atoms with E-state index >= 15 is 0 Å². The minimum absolute atomic E-state index is 1.23. The van der Waals surface area contributed by atoms with E-state index in [1.54, 1.807) is 0 Å². The molecule has 1 heteroatoms. The van der Waals surface area contributed by atoms with Gasteiger partial charge < -0.3 is 0 Å². The van der Waals surface area contributed by atoms with Crippen molar-refractivity contribution in [2.75, 3.05) is 0 Å². The van der Waals surface area contributed by atoms with E-state index in [0.717, 1.165) is 0 Å². The Morgan fingerprint density at radius 1 is 0.179 bits per heavy atom. The van der Waals surface area contributed by atoms with Gasteiger partial charge in [0, 0.05) is 20.2 Å². The number of rotatable bonds is 3. The fourth-order valence-electron chi connectivity index (χ4n) is 11.9. The first-order chi connectivity index (χ1) is 33.2. The van der Waals surface area contributed by atoms with E-state index in [1.165, 1.54) is 151 Å². The van der Waals surface area contributed by atoms with Crippen LogP contribution in [0, 0.1) is 0 Å². The predicted molar refractivity (Wildman–Crippen MR) is 293 cm³/mol. The van der Waals surface area contributed by atoms with Crippen LogP contribution in [0.1, 0.15) is 0 Å². The third-order valence-electron chi connectivity index (χ3n) is 14.8. The van der Waals surface area contributed by atoms with Gasteiger partial charge in [0.25, 0.3) is 0 Å². The molecule has 0 N–H and O–H groups in total. The normalized spacial score (nSPS) is 12.2. The number of fused-ring (bicyclic) bond motifs is 16. The van der Waals surface area contributed by atoms with Crippen LogP contribution in [0.4, 0.5) is 0 Å². The summed E-state index contributed by atoms with van der Waals surface area (Å²) in [5.41, 5.74) is 7.60. The lowest BCUT2D eigenvalue weighted by molar-refractivity contribution is 1.69. The zero-order valence-corrected chi connectivity index (χ0v) is 37.2. The second kappa shape index (κ2) is 14.1. The average Bonchev–Trinajstić information content (AvgIpc) is 3.76. The first kappa shape index (κ1) is 36.9. The van der Waals surface area contributed by atoms with Crippen molar-refractivity contribution in [1.29, 1.82) is 0 Å². The second-order valence-electron chi connectivity index (χ2n) is 18.2. The molecule has 0 atom stereocenters. The van der Waals surface area contributed by atoms with Gasteiger partial charge in [-0.15, -0.1) is 11.3 Å². The van der Waals surface area contributed by atoms with Gasteiger partial charge in [-0.3, -0.25) is 0 Å². The summed E-state index contributed by atoms with van der Waals surface area (Å²) < 4.78 is 2.63. The highest BCUT2D eigenvalue weighted by molar-refractivity contribution is 7.25. The van der Waals surface area contributed by atoms with Gasteiger partial charge in [0.15, 0.2) is 0 Å². The van der Waals surface area contributed by atoms with Gasteiger partial charge in [0.2, 0.25) is 0 Å². The third kappa shape index (κ3) is 5.29. The minimum atomic E-state index is 1.23. The largest absolute Gasteiger partial charge is 0.135 e. The maximum atomic E-state index is 2.48. The Balaban J connectivity index is 0.997. The van der Waals surface area contributed by atoms with Crippen LogP contribution in [0.2, 0.25) is 0 Å². The average molecular weight is 863 g/mol. The maximum absolute atomic E-state index is 2.48. The molecule has 0 bridgehead atoms. The monoisotopic (exact) mass is 862 g/mol. The lowest BCUT2D eigenvalue weighted by Gasteiger charge is -2.22. The van der Waals surface area contributed by atoms with Crippen molar-refractivity contribution in [2.45, 2.75) is 0 Å². The van der Waals surface area contributed by atoms with Crippen molar-refractivity contribution in [1.82, 2.24) is 0 Å². The standard InChI is InChI=1S/C66H38S/c1-2-16-43-39(15-1)29-30-40-31-32-41(35-56(40)43)63-48-21-7-11-25-52(48)65(53-26-12-8-22-49(53)63)66-54-27-13-9-23-50(54)64(51-24-10-14-28-55(51)66)42-33-34-61-59(36-42)60-37-57-46-19-5-3-17-44(46)45-18-4-6-20-47(45)58(57)38-62(60)67-61/h1-38H. The zero-order valence-electron chi connectivity index (χ0n) is 36.3. The molecule has 1 aromatic heterocycles. The molecule has 0 saturated carbocycles. The summed E-state index contributed by atoms with van der Waals surface area (Å²) in [5.74, 6) is 0. The molecule has 14 aromatic carbocycles. The van der Waals surface area contributed by atoms with E-state index in [0.29, 0.717) is 0 Å². The van der Waals surface area contributed by atoms with Gasteiger partial charge in [-0.05, 0) is 161 Å². The molecule has 0 saturated heterocycles. The molecule has 0 unspecified atom stereocenters. The van der Waals surface area contributed by atoms with Crippen molar-refractivity contribution in [3.63, 3.8) is 0 Å². The van der Waals surface area contributed by atoms with Crippen LogP contribution in [0.3, 0.4) is 0 Å². The van der Waals surface area contributed by atoms with Gasteiger partial charge in [0.05, 0.1) is 0 Å². The first-order valence-electron chi connectivity index (χ1n) is 23.2. The van der Waals surface area contributed by atoms with E-state index in [-0.39, 0.29) is 0 Å². The maximum Gasteiger partial charge on any atom is 0.0362 e. The van der Waals surface area contributed by atoms with E-state index < -0.39 is 0 Å². The Morgan fingerprint density at radius 3 is 1.00 bits per heavy atom. The van der Waals surface area contributed by atoms with Crippen LogP contribution in [-0.2, 0) is 0 Å². The molecule has 308 valence electrons. The van der Waals surface area contributed by atoms with Gasteiger partial charge in [0.1, 0.15) is 0 Å². The summed E-state index contributed by atoms with van der Waals surface area (Å²) >= 11 is 1.90. The molecule has 0 radical (unpaired) electrons. The smallest absolute Gasteiger partial charge is 0.0362 e. The van der Waals surface area contributed by atoms with Gasteiger partial charge in [-0.1, -0.05) is 200 Å². The fourth-order valence-corrected chi connectivity index (χ4v) is 13.0. The zero-order chi connectivity index (χ0) is 43.7. The summed E-state index contributed by atoms with van der Waals surface area (Å²) in [4.78, 5) is 0. The van der Waals surface area contributed by atoms with Crippen LogP contribution in [0.15, 0.2) is 231 Å². The molecule has 15 rings (SSSR count). The Labute approximate surface area is 390 Å². The van der Waals surface area contributed by atoms with E-state index in [9.17, 15) is 0 Å². The predicted octanol–water partition coefficient (Wildman–Crippen LogP) is 19.4. The number of benzene rings is 14. The topological polar surface area (TPSA) is 0 Å². The summed E-state index contributed by atoms with van der Waals surface area (Å²) in [6, 6.07) is 86.7. The highest BCUT2D eigenvalue weighted by Crippen LogP contribution is 2.51. The molecule has 15 aromatic rings. The van der Waals surface area contributed by atoms with Crippen LogP contribution >= 0.6 is 11.3 Å². The van der Waals surface area contributed by atoms with E-state index in [2.05, 4.69) is 231 Å². The second-order valence-corrected chi connectivity index (χ2v) is 19.3. The van der Waals surface area contributed by atoms with Crippen LogP contribution < -0.4 is 0 Å². The fraction of sp³-hybridized carbons (Fsp3) is 0. The molecular weight excluding hydrogens is 825 g/mol. The van der Waals surface area contributed by atoms with Crippen molar-refractivity contribution < 1.29 is 0 Å². The highest BCUT2D eigenvalue weighted by atomic mass is 32.1. The molecule has 67 heavy (non-hydrogen) atoms. The minimum Gasteiger partial charge on any atom is -0.135 e. The molecule has 0 fully saturated rings. The SMILES string of the molecule is c1ccc2c(c1)ccc1ccc(-c3c4ccccc4c(-c4c5ccccc5c(-c5ccc6sc7cc8c9ccccc9c9ccccc9c8cc7c6c5)c5ccccc45)c4ccccc34)cc12. The molecule has 0 amide bonds. The van der Waals surface area contributed by atoms with Crippen molar-refractivity contribution in [3.8, 4) is 33.4 Å². The van der Waals surface area contributed by atoms with Gasteiger partial charge in [-0.2, -0.15) is 0 Å². The summed E-state index contributed by atoms with van der Waals surface area (Å²) in [6.07, 6.45) is 0. The molecule has 0 nitrogen and oxygen atoms in total. The number of hydrogen-bond acceptors (Lipinski definition) is 1. The van der Waals surface area contributed by atoms with Crippen molar-refractivity contribution >= 4 is 128 Å². The Morgan fingerprint density at radius 2 is 0.507 bits per heavy atom. The van der Waals surface area contributed by atoms with Gasteiger partial charge >= 0.3 is 0 Å². The van der Waals surface area contributed by atoms with Crippen LogP contribution in [0.25, 0.3) is 151 Å². The lowest BCUT2D eigenvalue weighted by atomic mass is 9.81. The molecule has 0 aliphatic rings. The molecule has 0 spiro atoms. The van der Waals surface area contributed by atoms with Crippen LogP contribution in [0.5, 0.6) is 0 Å². The number of thiophene rings is 1. The van der Waals surface area contributed by atoms with Crippen LogP contribution in [-0.4, -0.2) is 0 Å². The van der Waals surface area contributed by atoms with E-state index in [4.69, 9.17) is 0 Å². The highest BCUT2D eigenvalue weighted by Gasteiger charge is 2.23. The first-order valence-corrected chi connectivity index (χ1v) is 24.1. The lowest BCUT2D eigenvalue weighted by Crippen LogP contribution is -1.94.